The van der Waals surface area contributed by atoms with Crippen molar-refractivity contribution >= 4 is 24.2 Å². The largest absolute Gasteiger partial charge is 0.504 e. The van der Waals surface area contributed by atoms with Crippen LogP contribution in [0, 0.1) is 15.5 Å². The molecule has 1 aliphatic rings. The monoisotopic (exact) mass is 332 g/mol. The number of carbonyl (C=O) groups excluding carboxylic acids is 1. The number of carbonyl (C=O) groups is 1. The van der Waals surface area contributed by atoms with Crippen LogP contribution in [0.3, 0.4) is 0 Å². The summed E-state index contributed by atoms with van der Waals surface area (Å²) in [6.07, 6.45) is -0.635. The summed E-state index contributed by atoms with van der Waals surface area (Å²) in [5.74, 6) is -0.251. The van der Waals surface area contributed by atoms with Crippen molar-refractivity contribution in [3.05, 3.63) is 27.8 Å². The maximum Gasteiger partial charge on any atom is 0.407 e. The van der Waals surface area contributed by atoms with Crippen molar-refractivity contribution < 1.29 is 24.3 Å². The number of rotatable bonds is 3. The van der Waals surface area contributed by atoms with Gasteiger partial charge in [0.15, 0.2) is 11.5 Å². The number of hydrogen-bond acceptors (Lipinski definition) is 6. The molecule has 1 atom stereocenters. The summed E-state index contributed by atoms with van der Waals surface area (Å²) >= 11 is 0. The van der Waals surface area contributed by atoms with Crippen LogP contribution in [0.15, 0.2) is 12.1 Å². The highest BCUT2D eigenvalue weighted by Crippen LogP contribution is 2.44. The fourth-order valence-electron chi connectivity index (χ4n) is 2.28. The topological polar surface area (TPSA) is 111 Å². The Hall–Kier alpha value is -2.22. The van der Waals surface area contributed by atoms with Crippen LogP contribution in [0.25, 0.3) is 0 Å². The lowest BCUT2D eigenvalue weighted by atomic mass is 9.80. The number of phenols is 1. The standard InChI is InChI=1S/C13H16N2O6.ClH/c1-13(2)6-21-12(17)14-11(13)8-4-7(15(18)19)5-9(20-3)10(8)16;/h4-5,11,16H,6H2,1-3H3,(H,14,17);1H/t11-;/m1./s1. The van der Waals surface area contributed by atoms with Crippen molar-refractivity contribution in [1.82, 2.24) is 5.32 Å². The van der Waals surface area contributed by atoms with Crippen LogP contribution < -0.4 is 10.1 Å². The molecule has 1 aromatic rings. The van der Waals surface area contributed by atoms with E-state index in [0.717, 1.165) is 6.07 Å². The number of nitro groups is 1. The summed E-state index contributed by atoms with van der Waals surface area (Å²) in [4.78, 5) is 21.9. The number of ether oxygens (including phenoxy) is 2. The second kappa shape index (κ2) is 6.27. The molecule has 9 heteroatoms. The number of benzene rings is 1. The highest BCUT2D eigenvalue weighted by molar-refractivity contribution is 5.85. The first-order chi connectivity index (χ1) is 9.76. The van der Waals surface area contributed by atoms with E-state index in [-0.39, 0.29) is 41.8 Å². The van der Waals surface area contributed by atoms with Crippen LogP contribution in [0.4, 0.5) is 10.5 Å². The SMILES string of the molecule is COc1cc([N+](=O)[O-])cc([C@H]2NC(=O)OCC2(C)C)c1O.Cl. The molecule has 1 saturated heterocycles. The van der Waals surface area contributed by atoms with Gasteiger partial charge in [-0.1, -0.05) is 13.8 Å². The van der Waals surface area contributed by atoms with Gasteiger partial charge in [-0.25, -0.2) is 4.79 Å². The fourth-order valence-corrected chi connectivity index (χ4v) is 2.28. The molecule has 0 saturated carbocycles. The van der Waals surface area contributed by atoms with Crippen LogP contribution in [-0.4, -0.2) is 29.8 Å². The lowest BCUT2D eigenvalue weighted by Crippen LogP contribution is -2.46. The van der Waals surface area contributed by atoms with Crippen molar-refractivity contribution in [2.75, 3.05) is 13.7 Å². The number of amides is 1. The molecule has 1 aliphatic heterocycles. The van der Waals surface area contributed by atoms with Gasteiger partial charge in [0.1, 0.15) is 6.61 Å². The van der Waals surface area contributed by atoms with Crippen LogP contribution in [0.1, 0.15) is 25.5 Å². The van der Waals surface area contributed by atoms with E-state index in [1.54, 1.807) is 0 Å². The maximum absolute atomic E-state index is 11.4. The Morgan fingerprint density at radius 1 is 1.50 bits per heavy atom. The average Bonchev–Trinajstić information content (AvgIpc) is 2.42. The van der Waals surface area contributed by atoms with E-state index < -0.39 is 22.5 Å². The highest BCUT2D eigenvalue weighted by Gasteiger charge is 2.40. The van der Waals surface area contributed by atoms with Crippen molar-refractivity contribution in [3.63, 3.8) is 0 Å². The number of alkyl carbamates (subject to hydrolysis) is 1. The molecule has 0 spiro atoms. The van der Waals surface area contributed by atoms with E-state index in [1.165, 1.54) is 13.2 Å². The van der Waals surface area contributed by atoms with Crippen LogP contribution in [-0.2, 0) is 4.74 Å². The van der Waals surface area contributed by atoms with E-state index in [4.69, 9.17) is 9.47 Å². The number of nitrogens with zero attached hydrogens (tertiary/aromatic N) is 1. The Labute approximate surface area is 133 Å². The first-order valence-electron chi connectivity index (χ1n) is 6.25. The second-order valence-electron chi connectivity index (χ2n) is 5.49. The van der Waals surface area contributed by atoms with Gasteiger partial charge in [0.25, 0.3) is 5.69 Å². The number of aromatic hydroxyl groups is 1. The van der Waals surface area contributed by atoms with Crippen molar-refractivity contribution in [2.45, 2.75) is 19.9 Å². The molecular formula is C13H17ClN2O6. The van der Waals surface area contributed by atoms with Gasteiger partial charge in [-0.05, 0) is 0 Å². The number of nitrogens with one attached hydrogen (secondary N) is 1. The number of nitro benzene ring substituents is 1. The first kappa shape index (κ1) is 17.8. The summed E-state index contributed by atoms with van der Waals surface area (Å²) in [6.45, 7) is 3.78. The third kappa shape index (κ3) is 3.16. The molecule has 1 aromatic carbocycles. The van der Waals surface area contributed by atoms with E-state index in [2.05, 4.69) is 5.32 Å². The molecule has 1 fully saturated rings. The van der Waals surface area contributed by atoms with Gasteiger partial charge in [0.05, 0.1) is 24.1 Å². The minimum absolute atomic E-state index is 0. The predicted octanol–water partition coefficient (Wildman–Crippen LogP) is 2.54. The molecule has 0 radical (unpaired) electrons. The van der Waals surface area contributed by atoms with Gasteiger partial charge < -0.3 is 19.9 Å². The predicted molar refractivity (Wildman–Crippen MR) is 79.6 cm³/mol. The van der Waals surface area contributed by atoms with Gasteiger partial charge in [0, 0.05) is 17.0 Å². The van der Waals surface area contributed by atoms with E-state index in [1.807, 2.05) is 13.8 Å². The number of cyclic esters (lactones) is 1. The van der Waals surface area contributed by atoms with E-state index >= 15 is 0 Å². The summed E-state index contributed by atoms with van der Waals surface area (Å²) < 4.78 is 9.89. The minimum Gasteiger partial charge on any atom is -0.504 e. The molecule has 2 rings (SSSR count). The molecule has 0 unspecified atom stereocenters. The Bertz CT molecular complexity index is 604. The number of phenolic OH excluding ortho intramolecular Hbond substituents is 1. The van der Waals surface area contributed by atoms with Gasteiger partial charge in [-0.3, -0.25) is 10.1 Å². The molecule has 0 aliphatic carbocycles. The number of hydrogen-bond donors (Lipinski definition) is 2. The summed E-state index contributed by atoms with van der Waals surface area (Å²) in [7, 11) is 1.30. The van der Waals surface area contributed by atoms with Gasteiger partial charge in [0.2, 0.25) is 0 Å². The normalized spacial score (nSPS) is 19.4. The zero-order valence-electron chi connectivity index (χ0n) is 12.3. The maximum atomic E-state index is 11.4. The molecular weight excluding hydrogens is 316 g/mol. The molecule has 1 heterocycles. The molecule has 1 amide bonds. The van der Waals surface area contributed by atoms with Crippen LogP contribution >= 0.6 is 12.4 Å². The number of halogens is 1. The van der Waals surface area contributed by atoms with E-state index in [0.29, 0.717) is 0 Å². The van der Waals surface area contributed by atoms with Crippen LogP contribution in [0.2, 0.25) is 0 Å². The molecule has 2 N–H and O–H groups in total. The Kier molecular flexibility index (Phi) is 5.08. The van der Waals surface area contributed by atoms with Crippen molar-refractivity contribution in [2.24, 2.45) is 5.41 Å². The number of methoxy groups -OCH3 is 1. The van der Waals surface area contributed by atoms with Gasteiger partial charge >= 0.3 is 6.09 Å². The molecule has 0 aromatic heterocycles. The Morgan fingerprint density at radius 2 is 2.14 bits per heavy atom. The third-order valence-corrected chi connectivity index (χ3v) is 3.45. The molecule has 122 valence electrons. The fraction of sp³-hybridized carbons (Fsp3) is 0.462. The smallest absolute Gasteiger partial charge is 0.407 e. The zero-order chi connectivity index (χ0) is 15.8. The second-order valence-corrected chi connectivity index (χ2v) is 5.49. The third-order valence-electron chi connectivity index (χ3n) is 3.45. The quantitative estimate of drug-likeness (QED) is 0.650. The van der Waals surface area contributed by atoms with Crippen molar-refractivity contribution in [3.8, 4) is 11.5 Å². The van der Waals surface area contributed by atoms with Gasteiger partial charge in [-0.15, -0.1) is 12.4 Å². The number of non-ortho nitro benzene ring substituents is 1. The molecule has 22 heavy (non-hydrogen) atoms. The highest BCUT2D eigenvalue weighted by atomic mass is 35.5. The summed E-state index contributed by atoms with van der Waals surface area (Å²) in [6, 6.07) is 1.73. The Morgan fingerprint density at radius 3 is 2.68 bits per heavy atom. The van der Waals surface area contributed by atoms with Crippen LogP contribution in [0.5, 0.6) is 11.5 Å². The first-order valence-corrected chi connectivity index (χ1v) is 6.25. The van der Waals surface area contributed by atoms with Gasteiger partial charge in [-0.2, -0.15) is 0 Å². The molecule has 8 nitrogen and oxygen atoms in total. The van der Waals surface area contributed by atoms with Crippen molar-refractivity contribution in [1.29, 1.82) is 0 Å². The average molecular weight is 333 g/mol. The zero-order valence-corrected chi connectivity index (χ0v) is 13.1. The van der Waals surface area contributed by atoms with E-state index in [9.17, 15) is 20.0 Å². The minimum atomic E-state index is -0.635. The molecule has 0 bridgehead atoms. The summed E-state index contributed by atoms with van der Waals surface area (Å²) in [5, 5.41) is 23.8. The Balaban J connectivity index is 0.00000242. The summed E-state index contributed by atoms with van der Waals surface area (Å²) in [5.41, 5.74) is -0.551. The lowest BCUT2D eigenvalue weighted by Gasteiger charge is -2.38. The lowest BCUT2D eigenvalue weighted by molar-refractivity contribution is -0.385.